The highest BCUT2D eigenvalue weighted by Crippen LogP contribution is 2.48. The summed E-state index contributed by atoms with van der Waals surface area (Å²) in [5, 5.41) is 46.0. The Morgan fingerprint density at radius 1 is 0.602 bits per heavy atom. The number of hydrogen-bond acceptors (Lipinski definition) is 16. The zero-order valence-electron chi connectivity index (χ0n) is 57.2. The highest BCUT2D eigenvalue weighted by molar-refractivity contribution is 6.01. The first-order valence-electron chi connectivity index (χ1n) is 33.4. The number of alkyl halides is 2. The van der Waals surface area contributed by atoms with Crippen LogP contribution in [-0.2, 0) is 68.7 Å². The molecule has 1 saturated carbocycles. The lowest BCUT2D eigenvalue weighted by atomic mass is 9.93. The second-order valence-corrected chi connectivity index (χ2v) is 25.8. The molecule has 5 rings (SSSR count). The van der Waals surface area contributed by atoms with Crippen molar-refractivity contribution in [1.82, 2.24) is 53.2 Å². The van der Waals surface area contributed by atoms with E-state index < -0.39 is 212 Å². The van der Waals surface area contributed by atoms with Crippen molar-refractivity contribution in [2.75, 3.05) is 13.2 Å². The van der Waals surface area contributed by atoms with Crippen LogP contribution in [0.3, 0.4) is 0 Å². The topological polar surface area (TPSA) is 427 Å². The fourth-order valence-corrected chi connectivity index (χ4v) is 11.3. The monoisotopic (exact) mass is 1370 g/mol. The van der Waals surface area contributed by atoms with Gasteiger partial charge in [-0.15, -0.1) is 0 Å². The van der Waals surface area contributed by atoms with Crippen LogP contribution in [0.25, 0.3) is 22.3 Å². The van der Waals surface area contributed by atoms with E-state index in [4.69, 9.17) is 16.2 Å². The number of carbonyl (C=O) groups is 12. The molecule has 0 bridgehead atoms. The van der Waals surface area contributed by atoms with Gasteiger partial charge in [0.05, 0.1) is 19.3 Å². The smallest absolute Gasteiger partial charge is 0.329 e. The Morgan fingerprint density at radius 3 is 1.57 bits per heavy atom. The molecule has 2 fully saturated rings. The average molecular weight is 1370 g/mol. The van der Waals surface area contributed by atoms with Crippen LogP contribution in [0.15, 0.2) is 78.9 Å². The number of ether oxygens (including phenoxy) is 1. The number of amides is 11. The van der Waals surface area contributed by atoms with Crippen molar-refractivity contribution in [3.8, 4) is 22.3 Å². The minimum Gasteiger partial charge on any atom is -0.458 e. The van der Waals surface area contributed by atoms with E-state index >= 15 is 0 Å². The van der Waals surface area contributed by atoms with Gasteiger partial charge in [-0.1, -0.05) is 160 Å². The first-order chi connectivity index (χ1) is 46.4. The molecule has 17 atom stereocenters. The zero-order chi connectivity index (χ0) is 72.9. The molecule has 98 heavy (non-hydrogen) atoms. The minimum absolute atomic E-state index is 0.0986. The Kier molecular flexibility index (Phi) is 30.2. The summed E-state index contributed by atoms with van der Waals surface area (Å²) < 4.78 is 32.8. The lowest BCUT2D eigenvalue weighted by molar-refractivity contribution is -0.157. The summed E-state index contributed by atoms with van der Waals surface area (Å²) in [4.78, 5) is 166. The van der Waals surface area contributed by atoms with Gasteiger partial charge in [0.15, 0.2) is 0 Å². The van der Waals surface area contributed by atoms with E-state index in [1.807, 2.05) is 78.9 Å². The van der Waals surface area contributed by atoms with Gasteiger partial charge < -0.3 is 79.6 Å². The molecule has 29 heteroatoms. The van der Waals surface area contributed by atoms with Crippen LogP contribution in [0.4, 0.5) is 8.78 Å². The third-order valence-corrected chi connectivity index (χ3v) is 18.6. The van der Waals surface area contributed by atoms with E-state index in [-0.39, 0.29) is 32.1 Å². The van der Waals surface area contributed by atoms with E-state index in [2.05, 4.69) is 53.2 Å². The van der Waals surface area contributed by atoms with Crippen molar-refractivity contribution in [3.63, 3.8) is 0 Å². The van der Waals surface area contributed by atoms with Gasteiger partial charge in [0.25, 0.3) is 0 Å². The molecule has 16 N–H and O–H groups in total. The normalized spacial score (nSPS) is 22.1. The van der Waals surface area contributed by atoms with Gasteiger partial charge in [-0.05, 0) is 90.5 Å². The standard InChI is InChI=1S/C69H98F2N12O15/c1-11-35(5)53(78-59(88)47(72)30-41-24-26-43(27-25-41)46-23-19-18-22-45(46)42-20-16-15-17-21-42)63(92)76-49(33-84)61(90)75-48(28-29-52(73)86)60(89)79-55(37(7)13-3)65(94)80-54(36(6)12-2)64(93)77-50(34-85)62(91)81-57-40(10)98-67(96)56(38(8)14-4)82-68(97)69(32-44(69)31-51(70)71)83-58(87)39(9)74-66(57)95/h15-27,35-40,44,47-51,53-57,84-85H,11-14,28-34,72H2,1-10H3,(H2,73,86)(H,74,95)(H,75,90)(H,76,92)(H,77,93)(H,78,88)(H,79,89)(H,80,94)(H,81,91)(H,82,97)(H,83,87)/t35-,36-,37-,38-,39-,40-,44?,47+,48+,49-,50-,53-,54-,55+,56-,57+,69?/m0/s1. The van der Waals surface area contributed by atoms with E-state index in [9.17, 15) is 76.5 Å². The fraction of sp³-hybridized carbons (Fsp3) is 0.565. The number of carbonyl (C=O) groups excluding carboxylic acids is 12. The number of benzene rings is 3. The molecule has 1 spiro atoms. The van der Waals surface area contributed by atoms with Gasteiger partial charge in [0.1, 0.15) is 66.0 Å². The Hall–Kier alpha value is -8.96. The summed E-state index contributed by atoms with van der Waals surface area (Å²) in [5.41, 5.74) is 14.8. The maximum absolute atomic E-state index is 14.5. The quantitative estimate of drug-likeness (QED) is 0.0381. The Morgan fingerprint density at radius 2 is 1.07 bits per heavy atom. The maximum atomic E-state index is 14.5. The number of primary amides is 1. The van der Waals surface area contributed by atoms with Crippen molar-refractivity contribution in [2.24, 2.45) is 41.1 Å². The first-order valence-corrected chi connectivity index (χ1v) is 33.4. The van der Waals surface area contributed by atoms with Crippen LogP contribution in [0.2, 0.25) is 0 Å². The number of rotatable bonds is 33. The van der Waals surface area contributed by atoms with Gasteiger partial charge in [0, 0.05) is 12.8 Å². The van der Waals surface area contributed by atoms with Crippen molar-refractivity contribution >= 4 is 70.9 Å². The number of nitrogens with one attached hydrogen (secondary N) is 10. The van der Waals surface area contributed by atoms with E-state index in [1.165, 1.54) is 13.8 Å². The molecule has 1 aliphatic heterocycles. The van der Waals surface area contributed by atoms with Crippen LogP contribution in [0.1, 0.15) is 126 Å². The van der Waals surface area contributed by atoms with Gasteiger partial charge in [-0.3, -0.25) is 52.7 Å². The molecule has 1 heterocycles. The van der Waals surface area contributed by atoms with Crippen LogP contribution >= 0.6 is 0 Å². The molecular weight excluding hydrogens is 1270 g/mol. The zero-order valence-corrected chi connectivity index (χ0v) is 57.2. The molecule has 27 nitrogen and oxygen atoms in total. The van der Waals surface area contributed by atoms with E-state index in [1.54, 1.807) is 55.4 Å². The van der Waals surface area contributed by atoms with Gasteiger partial charge in [0.2, 0.25) is 71.4 Å². The van der Waals surface area contributed by atoms with Gasteiger partial charge in [-0.25, -0.2) is 13.6 Å². The predicted molar refractivity (Wildman–Crippen MR) is 358 cm³/mol. The van der Waals surface area contributed by atoms with Gasteiger partial charge >= 0.3 is 5.97 Å². The molecule has 2 aliphatic rings. The molecular formula is C69H98F2N12O15. The van der Waals surface area contributed by atoms with Crippen molar-refractivity contribution in [2.45, 2.75) is 206 Å². The molecule has 0 radical (unpaired) electrons. The SMILES string of the molecule is CC[C@H](C)[C@H](NC(=O)[C@H](N)Cc1ccc(-c2ccccc2-c2ccccc2)cc1)C(=O)N[C@@H](CO)C(=O)N[C@H](CCC(N)=O)C(=O)N[C@@H](C(=O)N[C@H](C(=O)N[C@@H](CO)C(=O)N[C@H]1C(=O)N[C@@H](C)C(=O)NC2(CC2CC(F)F)C(=O)N[C@@H]([C@@H](C)CC)C(=O)O[C@H]1C)[C@@H](C)CC)[C@@H](C)CC. The van der Waals surface area contributed by atoms with E-state index in [0.717, 1.165) is 27.8 Å². The van der Waals surface area contributed by atoms with Crippen molar-refractivity contribution in [3.05, 3.63) is 84.4 Å². The predicted octanol–water partition coefficient (Wildman–Crippen LogP) is 1.18. The number of aliphatic hydroxyl groups is 2. The van der Waals surface area contributed by atoms with Crippen LogP contribution in [-0.4, -0.2) is 173 Å². The lowest BCUT2D eigenvalue weighted by Gasteiger charge is -2.31. The second kappa shape index (κ2) is 37.1. The molecule has 1 aliphatic carbocycles. The number of halogens is 2. The Balaban J connectivity index is 1.27. The summed E-state index contributed by atoms with van der Waals surface area (Å²) in [6.45, 7) is 13.6. The molecule has 3 aromatic rings. The van der Waals surface area contributed by atoms with Crippen LogP contribution in [0, 0.1) is 29.6 Å². The molecule has 1 saturated heterocycles. The average Bonchev–Trinajstić information content (AvgIpc) is 1.58. The Labute approximate surface area is 569 Å². The summed E-state index contributed by atoms with van der Waals surface area (Å²) in [6.07, 6.45) is -5.04. The second-order valence-electron chi connectivity index (χ2n) is 25.8. The number of esters is 1. The highest BCUT2D eigenvalue weighted by Gasteiger charge is 2.62. The minimum atomic E-state index is -2.84. The summed E-state index contributed by atoms with van der Waals surface area (Å²) in [6, 6.07) is 10.1. The highest BCUT2D eigenvalue weighted by atomic mass is 19.3. The molecule has 538 valence electrons. The summed E-state index contributed by atoms with van der Waals surface area (Å²) in [7, 11) is 0. The first kappa shape index (κ1) is 79.7. The number of cyclic esters (lactones) is 1. The van der Waals surface area contributed by atoms with Crippen LogP contribution in [0.5, 0.6) is 0 Å². The number of hydrogen-bond donors (Lipinski definition) is 14. The molecule has 11 amide bonds. The van der Waals surface area contributed by atoms with E-state index in [0.29, 0.717) is 6.42 Å². The van der Waals surface area contributed by atoms with Gasteiger partial charge in [-0.2, -0.15) is 0 Å². The maximum Gasteiger partial charge on any atom is 0.329 e. The molecule has 2 unspecified atom stereocenters. The van der Waals surface area contributed by atoms with Crippen LogP contribution < -0.4 is 64.6 Å². The Bertz CT molecular complexity index is 3290. The molecule has 0 aromatic heterocycles. The van der Waals surface area contributed by atoms with Crippen molar-refractivity contribution in [1.29, 1.82) is 0 Å². The fourth-order valence-electron chi connectivity index (χ4n) is 11.3. The number of nitrogens with two attached hydrogens (primary N) is 2. The molecule has 3 aromatic carbocycles. The summed E-state index contributed by atoms with van der Waals surface area (Å²) in [5.74, 6) is -15.4. The number of aliphatic hydroxyl groups excluding tert-OH is 2. The van der Waals surface area contributed by atoms with Crippen molar-refractivity contribution < 1.29 is 81.3 Å². The third-order valence-electron chi connectivity index (χ3n) is 18.6. The largest absolute Gasteiger partial charge is 0.458 e. The third kappa shape index (κ3) is 21.5. The lowest BCUT2D eigenvalue weighted by Crippen LogP contribution is -2.63. The summed E-state index contributed by atoms with van der Waals surface area (Å²) >= 11 is 0.